The lowest BCUT2D eigenvalue weighted by atomic mass is 9.97. The molecular formula is C18H23N3O2S2. The molecule has 7 heteroatoms. The van der Waals surface area contributed by atoms with Crippen molar-refractivity contribution in [2.45, 2.75) is 12.8 Å². The number of para-hydroxylation sites is 1. The number of anilines is 1. The molecule has 2 aliphatic rings. The van der Waals surface area contributed by atoms with Crippen molar-refractivity contribution in [3.63, 3.8) is 0 Å². The van der Waals surface area contributed by atoms with E-state index in [1.165, 1.54) is 0 Å². The topological polar surface area (TPSA) is 45.7 Å². The Bertz CT molecular complexity index is 758. The lowest BCUT2D eigenvalue weighted by molar-refractivity contribution is -0.135. The van der Waals surface area contributed by atoms with Gasteiger partial charge in [0.1, 0.15) is 11.3 Å². The summed E-state index contributed by atoms with van der Waals surface area (Å²) in [5.41, 5.74) is 0.923. The lowest BCUT2D eigenvalue weighted by Gasteiger charge is -2.36. The minimum Gasteiger partial charge on any atom is -0.494 e. The van der Waals surface area contributed by atoms with E-state index in [0.717, 1.165) is 71.6 Å². The van der Waals surface area contributed by atoms with Gasteiger partial charge in [-0.05, 0) is 25.0 Å². The molecule has 1 amide bonds. The summed E-state index contributed by atoms with van der Waals surface area (Å²) >= 11 is 3.63. The summed E-state index contributed by atoms with van der Waals surface area (Å²) in [5, 5.41) is 1.01. The maximum Gasteiger partial charge on any atom is 0.227 e. The Morgan fingerprint density at radius 1 is 1.28 bits per heavy atom. The van der Waals surface area contributed by atoms with Crippen LogP contribution >= 0.6 is 23.1 Å². The first-order chi connectivity index (χ1) is 12.3. The number of aromatic nitrogens is 1. The smallest absolute Gasteiger partial charge is 0.227 e. The van der Waals surface area contributed by atoms with Gasteiger partial charge in [-0.15, -0.1) is 0 Å². The van der Waals surface area contributed by atoms with E-state index in [1.807, 2.05) is 23.9 Å². The van der Waals surface area contributed by atoms with E-state index in [4.69, 9.17) is 9.72 Å². The van der Waals surface area contributed by atoms with E-state index in [-0.39, 0.29) is 5.92 Å². The molecule has 1 aromatic heterocycles. The zero-order valence-corrected chi connectivity index (χ0v) is 16.1. The first kappa shape index (κ1) is 17.0. The molecule has 0 radical (unpaired) electrons. The number of rotatable bonds is 3. The first-order valence-electron chi connectivity index (χ1n) is 8.81. The fourth-order valence-electron chi connectivity index (χ4n) is 3.61. The molecule has 0 spiro atoms. The van der Waals surface area contributed by atoms with E-state index in [2.05, 4.69) is 15.9 Å². The normalized spacial score (nSPS) is 21.6. The van der Waals surface area contributed by atoms with E-state index >= 15 is 0 Å². The molecule has 5 nitrogen and oxygen atoms in total. The number of thiazole rings is 1. The minimum absolute atomic E-state index is 0.103. The number of piperidine rings is 1. The number of thioether (sulfide) groups is 1. The minimum atomic E-state index is 0.103. The predicted molar refractivity (Wildman–Crippen MR) is 105 cm³/mol. The maximum atomic E-state index is 12.9. The third-order valence-corrected chi connectivity index (χ3v) is 6.98. The third-order valence-electron chi connectivity index (χ3n) is 4.95. The fraction of sp³-hybridized carbons (Fsp3) is 0.556. The molecule has 134 valence electrons. The Hall–Kier alpha value is -1.47. The second-order valence-electron chi connectivity index (χ2n) is 6.53. The van der Waals surface area contributed by atoms with Crippen LogP contribution in [0.5, 0.6) is 5.75 Å². The number of carbonyl (C=O) groups excluding carboxylic acids is 1. The van der Waals surface area contributed by atoms with Gasteiger partial charge < -0.3 is 14.5 Å². The second-order valence-corrected chi connectivity index (χ2v) is 8.76. The van der Waals surface area contributed by atoms with Crippen LogP contribution in [0.15, 0.2) is 18.2 Å². The average Bonchev–Trinajstić information content (AvgIpc) is 3.12. The molecule has 0 saturated carbocycles. The number of amides is 1. The molecule has 1 unspecified atom stereocenters. The van der Waals surface area contributed by atoms with Crippen LogP contribution in [0.25, 0.3) is 10.2 Å². The highest BCUT2D eigenvalue weighted by Crippen LogP contribution is 2.35. The number of benzene rings is 1. The van der Waals surface area contributed by atoms with Crippen molar-refractivity contribution in [3.8, 4) is 5.75 Å². The fourth-order valence-corrected chi connectivity index (χ4v) is 5.53. The van der Waals surface area contributed by atoms with Crippen LogP contribution in [0.2, 0.25) is 0 Å². The van der Waals surface area contributed by atoms with Gasteiger partial charge >= 0.3 is 0 Å². The zero-order chi connectivity index (χ0) is 17.2. The highest BCUT2D eigenvalue weighted by molar-refractivity contribution is 7.99. The van der Waals surface area contributed by atoms with Gasteiger partial charge in [0.15, 0.2) is 5.13 Å². The Labute approximate surface area is 156 Å². The van der Waals surface area contributed by atoms with Gasteiger partial charge in [-0.25, -0.2) is 4.98 Å². The number of hydrogen-bond donors (Lipinski definition) is 0. The van der Waals surface area contributed by atoms with Crippen LogP contribution in [0.4, 0.5) is 5.13 Å². The Morgan fingerprint density at radius 3 is 2.92 bits per heavy atom. The lowest BCUT2D eigenvalue weighted by Crippen LogP contribution is -2.47. The van der Waals surface area contributed by atoms with Crippen molar-refractivity contribution in [1.82, 2.24) is 9.88 Å². The van der Waals surface area contributed by atoms with Crippen LogP contribution in [-0.4, -0.2) is 60.6 Å². The van der Waals surface area contributed by atoms with Crippen LogP contribution in [0, 0.1) is 5.92 Å². The number of ether oxygens (including phenoxy) is 1. The maximum absolute atomic E-state index is 12.9. The van der Waals surface area contributed by atoms with Gasteiger partial charge in [-0.3, -0.25) is 4.79 Å². The molecule has 4 rings (SSSR count). The molecule has 0 aliphatic carbocycles. The van der Waals surface area contributed by atoms with Crippen molar-refractivity contribution < 1.29 is 9.53 Å². The van der Waals surface area contributed by atoms with Crippen molar-refractivity contribution >= 4 is 44.4 Å². The van der Waals surface area contributed by atoms with Crippen molar-refractivity contribution in [2.75, 3.05) is 49.7 Å². The number of carbonyl (C=O) groups is 1. The monoisotopic (exact) mass is 377 g/mol. The molecule has 3 heterocycles. The summed E-state index contributed by atoms with van der Waals surface area (Å²) in [4.78, 5) is 22.0. The molecule has 2 fully saturated rings. The summed E-state index contributed by atoms with van der Waals surface area (Å²) in [5.74, 6) is 3.39. The summed E-state index contributed by atoms with van der Waals surface area (Å²) in [6.07, 6.45) is 2.04. The van der Waals surface area contributed by atoms with Crippen LogP contribution in [0.1, 0.15) is 12.8 Å². The standard InChI is InChI=1S/C18H23N3O2S2/c1-23-14-5-2-6-15-16(14)19-18(25-15)21-7-3-4-13(12-21)17(22)20-8-10-24-11-9-20/h2,5-6,13H,3-4,7-12H2,1H3. The van der Waals surface area contributed by atoms with E-state index in [9.17, 15) is 4.79 Å². The van der Waals surface area contributed by atoms with E-state index in [1.54, 1.807) is 18.4 Å². The largest absolute Gasteiger partial charge is 0.494 e. The second kappa shape index (κ2) is 7.41. The molecule has 1 atom stereocenters. The number of methoxy groups -OCH3 is 1. The van der Waals surface area contributed by atoms with Crippen LogP contribution in [0.3, 0.4) is 0 Å². The zero-order valence-electron chi connectivity index (χ0n) is 14.4. The first-order valence-corrected chi connectivity index (χ1v) is 10.8. The summed E-state index contributed by atoms with van der Waals surface area (Å²) in [7, 11) is 1.68. The summed E-state index contributed by atoms with van der Waals surface area (Å²) < 4.78 is 6.56. The quantitative estimate of drug-likeness (QED) is 0.822. The molecule has 0 N–H and O–H groups in total. The molecule has 2 aromatic rings. The Morgan fingerprint density at radius 2 is 2.12 bits per heavy atom. The van der Waals surface area contributed by atoms with Gasteiger partial charge in [0.05, 0.1) is 17.7 Å². The molecule has 2 aliphatic heterocycles. The van der Waals surface area contributed by atoms with Gasteiger partial charge in [0.25, 0.3) is 0 Å². The van der Waals surface area contributed by atoms with Crippen LogP contribution < -0.4 is 9.64 Å². The number of fused-ring (bicyclic) bond motifs is 1. The van der Waals surface area contributed by atoms with Crippen molar-refractivity contribution in [2.24, 2.45) is 5.92 Å². The average molecular weight is 378 g/mol. The highest BCUT2D eigenvalue weighted by atomic mass is 32.2. The van der Waals surface area contributed by atoms with Crippen molar-refractivity contribution in [3.05, 3.63) is 18.2 Å². The summed E-state index contributed by atoms with van der Waals surface area (Å²) in [6, 6.07) is 6.03. The highest BCUT2D eigenvalue weighted by Gasteiger charge is 2.31. The molecule has 0 bridgehead atoms. The van der Waals surface area contributed by atoms with Crippen molar-refractivity contribution in [1.29, 1.82) is 0 Å². The van der Waals surface area contributed by atoms with E-state index in [0.29, 0.717) is 5.91 Å². The van der Waals surface area contributed by atoms with Gasteiger partial charge in [0.2, 0.25) is 5.91 Å². The summed E-state index contributed by atoms with van der Waals surface area (Å²) in [6.45, 7) is 3.56. The molecular weight excluding hydrogens is 354 g/mol. The molecule has 1 aromatic carbocycles. The SMILES string of the molecule is COc1cccc2sc(N3CCCC(C(=O)N4CCSCC4)C3)nc12. The third kappa shape index (κ3) is 3.44. The van der Waals surface area contributed by atoms with Gasteiger partial charge in [-0.1, -0.05) is 17.4 Å². The Balaban J connectivity index is 1.52. The Kier molecular flexibility index (Phi) is 5.03. The molecule has 25 heavy (non-hydrogen) atoms. The molecule has 2 saturated heterocycles. The van der Waals surface area contributed by atoms with E-state index < -0.39 is 0 Å². The van der Waals surface area contributed by atoms with Crippen LogP contribution in [-0.2, 0) is 4.79 Å². The number of hydrogen-bond acceptors (Lipinski definition) is 6. The van der Waals surface area contributed by atoms with Gasteiger partial charge in [-0.2, -0.15) is 11.8 Å². The predicted octanol–water partition coefficient (Wildman–Crippen LogP) is 3.10. The number of nitrogens with zero attached hydrogens (tertiary/aromatic N) is 3. The van der Waals surface area contributed by atoms with Gasteiger partial charge in [0, 0.05) is 37.7 Å².